The summed E-state index contributed by atoms with van der Waals surface area (Å²) in [5.74, 6) is -0.000653. The van der Waals surface area contributed by atoms with Crippen molar-refractivity contribution < 1.29 is 47.6 Å². The van der Waals surface area contributed by atoms with Gasteiger partial charge >= 0.3 is 29.6 Å². The minimum atomic E-state index is -4.23. The number of rotatable bonds is 3. The van der Waals surface area contributed by atoms with Gasteiger partial charge in [-0.05, 0) is 61.0 Å². The van der Waals surface area contributed by atoms with E-state index in [4.69, 9.17) is 4.55 Å². The number of nitrogens with zero attached hydrogens (tertiary/aromatic N) is 2. The van der Waals surface area contributed by atoms with Crippen molar-refractivity contribution in [1.82, 2.24) is 0 Å². The number of aryl methyl sites for hydroxylation is 2. The molecule has 0 aliphatic heterocycles. The summed E-state index contributed by atoms with van der Waals surface area (Å²) in [5, 5.41) is 21.5. The van der Waals surface area contributed by atoms with Crippen LogP contribution in [0, 0.1) is 13.8 Å². The molecule has 0 spiro atoms. The standard InChI is InChI=1S/C18H16N2O4S.Na/c1-11-7-16(8-12(2)18(11)21)20-19-15-5-3-14-10-17(25(22,23)24)6-4-13(14)9-15;/h3-10,21H,1-2H3,(H,22,23,24);/q;+1/p-1. The second-order valence-electron chi connectivity index (χ2n) is 5.78. The molecular formula is C18H15N2NaO4S. The van der Waals surface area contributed by atoms with Crippen molar-refractivity contribution in [2.24, 2.45) is 10.2 Å². The van der Waals surface area contributed by atoms with Gasteiger partial charge < -0.3 is 5.11 Å². The fourth-order valence-corrected chi connectivity index (χ4v) is 3.05. The zero-order valence-corrected chi connectivity index (χ0v) is 17.4. The summed E-state index contributed by atoms with van der Waals surface area (Å²) in [5.41, 5.74) is 2.42. The van der Waals surface area contributed by atoms with Crippen LogP contribution in [0.4, 0.5) is 11.4 Å². The van der Waals surface area contributed by atoms with E-state index in [0.717, 1.165) is 5.39 Å². The van der Waals surface area contributed by atoms with Crippen LogP contribution in [0.3, 0.4) is 0 Å². The molecule has 6 nitrogen and oxygen atoms in total. The average Bonchev–Trinajstić information content (AvgIpc) is 2.56. The third-order valence-electron chi connectivity index (χ3n) is 3.82. The molecule has 3 aromatic rings. The van der Waals surface area contributed by atoms with Gasteiger partial charge in [-0.3, -0.25) is 4.55 Å². The Bertz CT molecular complexity index is 1090. The first-order valence-electron chi connectivity index (χ1n) is 7.45. The maximum atomic E-state index is 11.7. The summed E-state index contributed by atoms with van der Waals surface area (Å²) < 4.78 is 31.5. The number of fused-ring (bicyclic) bond motifs is 1. The van der Waals surface area contributed by atoms with E-state index in [1.165, 1.54) is 12.1 Å². The molecule has 0 aromatic heterocycles. The Morgan fingerprint density at radius 2 is 1.38 bits per heavy atom. The molecule has 0 fully saturated rings. The Hall–Kier alpha value is -1.77. The van der Waals surface area contributed by atoms with Gasteiger partial charge in [0.25, 0.3) is 10.1 Å². The molecule has 0 bridgehead atoms. The molecule has 0 heterocycles. The molecule has 0 radical (unpaired) electrons. The molecule has 0 saturated heterocycles. The first-order chi connectivity index (χ1) is 11.7. The van der Waals surface area contributed by atoms with Crippen LogP contribution in [-0.4, -0.2) is 13.0 Å². The fraction of sp³-hybridized carbons (Fsp3) is 0.111. The number of azo groups is 1. The summed E-state index contributed by atoms with van der Waals surface area (Å²) >= 11 is 0. The monoisotopic (exact) mass is 378 g/mol. The predicted octanol–water partition coefficient (Wildman–Crippen LogP) is 1.20. The number of hydrogen-bond donors (Lipinski definition) is 1. The third kappa shape index (κ3) is 4.49. The molecule has 128 valence electrons. The van der Waals surface area contributed by atoms with Crippen LogP contribution in [-0.2, 0) is 10.1 Å². The molecule has 0 aliphatic carbocycles. The van der Waals surface area contributed by atoms with Crippen LogP contribution in [0.2, 0.25) is 0 Å². The molecule has 0 amide bonds. The quantitative estimate of drug-likeness (QED) is 0.420. The summed E-state index contributed by atoms with van der Waals surface area (Å²) in [6.07, 6.45) is 0. The number of benzene rings is 3. The van der Waals surface area contributed by atoms with Crippen molar-refractivity contribution in [3.05, 3.63) is 59.7 Å². The topological polar surface area (TPSA) is 102 Å². The molecule has 1 N–H and O–H groups in total. The van der Waals surface area contributed by atoms with E-state index in [1.807, 2.05) is 0 Å². The van der Waals surface area contributed by atoms with Gasteiger partial charge in [-0.15, -0.1) is 5.75 Å². The molecule has 0 aliphatic rings. The zero-order valence-electron chi connectivity index (χ0n) is 14.6. The van der Waals surface area contributed by atoms with Gasteiger partial charge in [-0.1, -0.05) is 23.3 Å². The van der Waals surface area contributed by atoms with E-state index < -0.39 is 10.1 Å². The maximum Gasteiger partial charge on any atom is 1.00 e. The van der Waals surface area contributed by atoms with Crippen molar-refractivity contribution in [3.63, 3.8) is 0 Å². The predicted molar refractivity (Wildman–Crippen MR) is 93.3 cm³/mol. The van der Waals surface area contributed by atoms with E-state index in [1.54, 1.807) is 50.2 Å². The molecule has 0 atom stereocenters. The van der Waals surface area contributed by atoms with Crippen LogP contribution in [0.5, 0.6) is 5.75 Å². The maximum absolute atomic E-state index is 11.7. The van der Waals surface area contributed by atoms with Gasteiger partial charge in [0.2, 0.25) is 0 Å². The molecule has 3 aromatic carbocycles. The van der Waals surface area contributed by atoms with Gasteiger partial charge in [-0.2, -0.15) is 18.6 Å². The molecule has 8 heteroatoms. The van der Waals surface area contributed by atoms with Crippen LogP contribution >= 0.6 is 0 Å². The van der Waals surface area contributed by atoms with Crippen molar-refractivity contribution in [1.29, 1.82) is 0 Å². The smallest absolute Gasteiger partial charge is 0.872 e. The zero-order chi connectivity index (χ0) is 18.2. The van der Waals surface area contributed by atoms with Gasteiger partial charge in [0, 0.05) is 0 Å². The van der Waals surface area contributed by atoms with E-state index in [-0.39, 0.29) is 40.2 Å². The molecule has 0 saturated carbocycles. The SMILES string of the molecule is Cc1cc(N=Nc2ccc3cc(S(=O)(=O)O)ccc3c2)cc(C)c1[O-].[Na+]. The summed E-state index contributed by atoms with van der Waals surface area (Å²) in [6.45, 7) is 3.47. The van der Waals surface area contributed by atoms with E-state index in [0.29, 0.717) is 27.9 Å². The Labute approximate surface area is 173 Å². The van der Waals surface area contributed by atoms with Crippen LogP contribution in [0.15, 0.2) is 63.7 Å². The van der Waals surface area contributed by atoms with E-state index in [9.17, 15) is 13.5 Å². The van der Waals surface area contributed by atoms with Crippen molar-refractivity contribution in [2.75, 3.05) is 0 Å². The first kappa shape index (κ1) is 20.5. The second-order valence-corrected chi connectivity index (χ2v) is 7.20. The molecular weight excluding hydrogens is 363 g/mol. The van der Waals surface area contributed by atoms with Gasteiger partial charge in [0.1, 0.15) is 0 Å². The minimum absolute atomic E-state index is 0. The summed E-state index contributed by atoms with van der Waals surface area (Å²) in [4.78, 5) is -0.155. The second kappa shape index (κ2) is 7.85. The molecule has 3 rings (SSSR count). The van der Waals surface area contributed by atoms with Crippen molar-refractivity contribution >= 4 is 32.3 Å². The number of hydrogen-bond acceptors (Lipinski definition) is 5. The Morgan fingerprint density at radius 3 is 2.00 bits per heavy atom. The van der Waals surface area contributed by atoms with Gasteiger partial charge in [0.05, 0.1) is 16.3 Å². The van der Waals surface area contributed by atoms with Gasteiger partial charge in [-0.25, -0.2) is 0 Å². The largest absolute Gasteiger partial charge is 1.00 e. The summed E-state index contributed by atoms with van der Waals surface area (Å²) in [6, 6.07) is 12.8. The minimum Gasteiger partial charge on any atom is -0.872 e. The Balaban J connectivity index is 0.00000243. The fourth-order valence-electron chi connectivity index (χ4n) is 2.53. The Morgan fingerprint density at radius 1 is 0.846 bits per heavy atom. The van der Waals surface area contributed by atoms with Crippen LogP contribution in [0.25, 0.3) is 10.8 Å². The van der Waals surface area contributed by atoms with Crippen molar-refractivity contribution in [2.45, 2.75) is 18.7 Å². The Kier molecular flexibility index (Phi) is 6.21. The summed E-state index contributed by atoms with van der Waals surface area (Å²) in [7, 11) is -4.23. The molecule has 0 unspecified atom stereocenters. The van der Waals surface area contributed by atoms with Crippen LogP contribution < -0.4 is 34.7 Å². The van der Waals surface area contributed by atoms with Crippen LogP contribution in [0.1, 0.15) is 11.1 Å². The third-order valence-corrected chi connectivity index (χ3v) is 4.67. The van der Waals surface area contributed by atoms with Crippen molar-refractivity contribution in [3.8, 4) is 5.75 Å². The van der Waals surface area contributed by atoms with Gasteiger partial charge in [0.15, 0.2) is 0 Å². The average molecular weight is 378 g/mol. The normalized spacial score (nSPS) is 11.7. The first-order valence-corrected chi connectivity index (χ1v) is 8.89. The van der Waals surface area contributed by atoms with E-state index in [2.05, 4.69) is 10.2 Å². The van der Waals surface area contributed by atoms with E-state index >= 15 is 0 Å². The molecule has 26 heavy (non-hydrogen) atoms.